The molecule has 4 nitrogen and oxygen atoms in total. The minimum Gasteiger partial charge on any atom is -0.331 e. The van der Waals surface area contributed by atoms with Gasteiger partial charge in [-0.05, 0) is 35.8 Å². The lowest BCUT2D eigenvalue weighted by Crippen LogP contribution is -2.39. The zero-order valence-electron chi connectivity index (χ0n) is 14.2. The number of carbonyl (C=O) groups is 1. The minimum absolute atomic E-state index is 0.0194. The van der Waals surface area contributed by atoms with E-state index in [0.29, 0.717) is 18.0 Å². The van der Waals surface area contributed by atoms with E-state index >= 15 is 0 Å². The molecule has 1 aliphatic heterocycles. The van der Waals surface area contributed by atoms with Crippen LogP contribution in [0.4, 0.5) is 0 Å². The van der Waals surface area contributed by atoms with E-state index in [1.807, 2.05) is 42.5 Å². The molecule has 0 unspecified atom stereocenters. The van der Waals surface area contributed by atoms with Crippen LogP contribution in [0.25, 0.3) is 6.08 Å². The number of rotatable bonds is 5. The van der Waals surface area contributed by atoms with E-state index in [-0.39, 0.29) is 23.5 Å². The first-order chi connectivity index (χ1) is 12.4. The molecule has 1 fully saturated rings. The number of halogens is 1. The number of hydrogen-bond acceptors (Lipinski definition) is 3. The molecule has 0 N–H and O–H groups in total. The van der Waals surface area contributed by atoms with Crippen molar-refractivity contribution in [1.29, 1.82) is 0 Å². The Morgan fingerprint density at radius 3 is 2.42 bits per heavy atom. The molecule has 0 saturated carbocycles. The Bertz CT molecular complexity index is 892. The lowest BCUT2D eigenvalue weighted by molar-refractivity contribution is -0.128. The third kappa shape index (κ3) is 4.96. The van der Waals surface area contributed by atoms with E-state index in [2.05, 4.69) is 0 Å². The van der Waals surface area contributed by atoms with Gasteiger partial charge in [-0.15, -0.1) is 0 Å². The van der Waals surface area contributed by atoms with Crippen LogP contribution in [0, 0.1) is 0 Å². The molecule has 2 aromatic rings. The highest BCUT2D eigenvalue weighted by molar-refractivity contribution is 7.91. The van der Waals surface area contributed by atoms with E-state index in [1.165, 1.54) is 6.08 Å². The first kappa shape index (κ1) is 18.7. The second kappa shape index (κ2) is 8.06. The van der Waals surface area contributed by atoms with E-state index in [1.54, 1.807) is 23.1 Å². The van der Waals surface area contributed by atoms with Crippen LogP contribution in [0.5, 0.6) is 0 Å². The Hall–Kier alpha value is -2.11. The molecule has 1 atom stereocenters. The summed E-state index contributed by atoms with van der Waals surface area (Å²) < 4.78 is 23.7. The van der Waals surface area contributed by atoms with Crippen LogP contribution in [0.1, 0.15) is 17.5 Å². The Morgan fingerprint density at radius 2 is 1.81 bits per heavy atom. The predicted octanol–water partition coefficient (Wildman–Crippen LogP) is 3.57. The largest absolute Gasteiger partial charge is 0.331 e. The summed E-state index contributed by atoms with van der Waals surface area (Å²) in [7, 11) is -3.08. The lowest BCUT2D eigenvalue weighted by Gasteiger charge is -2.27. The summed E-state index contributed by atoms with van der Waals surface area (Å²) in [6.45, 7) is 0.356. The molecule has 3 rings (SSSR count). The van der Waals surface area contributed by atoms with E-state index < -0.39 is 9.84 Å². The highest BCUT2D eigenvalue weighted by atomic mass is 35.5. The minimum atomic E-state index is -3.08. The maximum absolute atomic E-state index is 12.8. The second-order valence-electron chi connectivity index (χ2n) is 6.39. The molecular formula is C20H20ClNO3S. The van der Waals surface area contributed by atoms with Gasteiger partial charge in [0, 0.05) is 23.7 Å². The molecule has 1 saturated heterocycles. The van der Waals surface area contributed by atoms with Crippen molar-refractivity contribution >= 4 is 33.4 Å². The summed E-state index contributed by atoms with van der Waals surface area (Å²) in [5.41, 5.74) is 1.84. The zero-order valence-corrected chi connectivity index (χ0v) is 15.8. The summed E-state index contributed by atoms with van der Waals surface area (Å²) in [6.07, 6.45) is 3.73. The number of nitrogens with zero attached hydrogens (tertiary/aromatic N) is 1. The van der Waals surface area contributed by atoms with Crippen LogP contribution in [0.15, 0.2) is 60.7 Å². The summed E-state index contributed by atoms with van der Waals surface area (Å²) in [4.78, 5) is 14.5. The van der Waals surface area contributed by atoms with Gasteiger partial charge in [-0.2, -0.15) is 0 Å². The quantitative estimate of drug-likeness (QED) is 0.734. The van der Waals surface area contributed by atoms with Crippen LogP contribution in [-0.4, -0.2) is 36.8 Å². The first-order valence-electron chi connectivity index (χ1n) is 8.41. The third-order valence-corrected chi connectivity index (χ3v) is 6.42. The summed E-state index contributed by atoms with van der Waals surface area (Å²) in [6, 6.07) is 16.5. The predicted molar refractivity (Wildman–Crippen MR) is 105 cm³/mol. The molecule has 6 heteroatoms. The first-order valence-corrected chi connectivity index (χ1v) is 10.6. The Labute approximate surface area is 159 Å². The molecule has 0 spiro atoms. The molecule has 0 aromatic heterocycles. The van der Waals surface area contributed by atoms with Gasteiger partial charge in [-0.1, -0.05) is 54.1 Å². The number of amides is 1. The highest BCUT2D eigenvalue weighted by Gasteiger charge is 2.34. The maximum Gasteiger partial charge on any atom is 0.247 e. The van der Waals surface area contributed by atoms with Crippen molar-refractivity contribution in [2.75, 3.05) is 11.5 Å². The maximum atomic E-state index is 12.8. The molecule has 0 aliphatic carbocycles. The normalized spacial score (nSPS) is 18.9. The second-order valence-corrected chi connectivity index (χ2v) is 9.06. The molecular weight excluding hydrogens is 370 g/mol. The van der Waals surface area contributed by atoms with Gasteiger partial charge in [0.15, 0.2) is 9.84 Å². The Morgan fingerprint density at radius 1 is 1.12 bits per heavy atom. The van der Waals surface area contributed by atoms with Crippen molar-refractivity contribution < 1.29 is 13.2 Å². The molecule has 1 heterocycles. The topological polar surface area (TPSA) is 54.5 Å². The van der Waals surface area contributed by atoms with Crippen molar-refractivity contribution in [1.82, 2.24) is 4.90 Å². The standard InChI is InChI=1S/C20H20ClNO3S/c21-18-9-6-17(7-10-18)14-22(19-12-13-26(24,25)15-19)20(23)11-8-16-4-2-1-3-5-16/h1-11,19H,12-15H2/b11-8+/t19-/m1/s1. The van der Waals surface area contributed by atoms with Gasteiger partial charge in [-0.3, -0.25) is 4.79 Å². The van der Waals surface area contributed by atoms with Crippen LogP contribution >= 0.6 is 11.6 Å². The Balaban J connectivity index is 1.81. The van der Waals surface area contributed by atoms with Crippen LogP contribution in [0.2, 0.25) is 5.02 Å². The number of carbonyl (C=O) groups excluding carboxylic acids is 1. The van der Waals surface area contributed by atoms with Crippen LogP contribution < -0.4 is 0 Å². The van der Waals surface area contributed by atoms with Gasteiger partial charge in [-0.25, -0.2) is 8.42 Å². The average Bonchev–Trinajstić information content (AvgIpc) is 2.99. The molecule has 1 amide bonds. The SMILES string of the molecule is O=C(/C=C/c1ccccc1)N(Cc1ccc(Cl)cc1)[C@@H]1CCS(=O)(=O)C1. The van der Waals surface area contributed by atoms with Gasteiger partial charge in [0.2, 0.25) is 5.91 Å². The van der Waals surface area contributed by atoms with Gasteiger partial charge in [0.1, 0.15) is 0 Å². The van der Waals surface area contributed by atoms with Crippen molar-refractivity contribution in [3.63, 3.8) is 0 Å². The van der Waals surface area contributed by atoms with E-state index in [0.717, 1.165) is 11.1 Å². The fourth-order valence-electron chi connectivity index (χ4n) is 3.02. The van der Waals surface area contributed by atoms with Crippen molar-refractivity contribution in [3.05, 3.63) is 76.8 Å². The van der Waals surface area contributed by atoms with Gasteiger partial charge < -0.3 is 4.90 Å². The van der Waals surface area contributed by atoms with Crippen LogP contribution in [0.3, 0.4) is 0 Å². The lowest BCUT2D eigenvalue weighted by atomic mass is 10.1. The van der Waals surface area contributed by atoms with Crippen LogP contribution in [-0.2, 0) is 21.2 Å². The summed E-state index contributed by atoms with van der Waals surface area (Å²) >= 11 is 5.92. The zero-order chi connectivity index (χ0) is 18.6. The molecule has 136 valence electrons. The fourth-order valence-corrected chi connectivity index (χ4v) is 4.88. The van der Waals surface area contributed by atoms with E-state index in [9.17, 15) is 13.2 Å². The highest BCUT2D eigenvalue weighted by Crippen LogP contribution is 2.21. The average molecular weight is 390 g/mol. The number of sulfone groups is 1. The molecule has 0 radical (unpaired) electrons. The van der Waals surface area contributed by atoms with E-state index in [4.69, 9.17) is 11.6 Å². The van der Waals surface area contributed by atoms with Crippen molar-refractivity contribution in [2.24, 2.45) is 0 Å². The summed E-state index contributed by atoms with van der Waals surface area (Å²) in [5, 5.41) is 0.624. The smallest absolute Gasteiger partial charge is 0.247 e. The summed E-state index contributed by atoms with van der Waals surface area (Å²) in [5.74, 6) is -0.0402. The monoisotopic (exact) mass is 389 g/mol. The number of benzene rings is 2. The molecule has 0 bridgehead atoms. The van der Waals surface area contributed by atoms with Gasteiger partial charge in [0.25, 0.3) is 0 Å². The molecule has 2 aromatic carbocycles. The van der Waals surface area contributed by atoms with Gasteiger partial charge in [0.05, 0.1) is 11.5 Å². The van der Waals surface area contributed by atoms with Crippen molar-refractivity contribution in [2.45, 2.75) is 19.0 Å². The molecule has 1 aliphatic rings. The van der Waals surface area contributed by atoms with Crippen molar-refractivity contribution in [3.8, 4) is 0 Å². The fraction of sp³-hybridized carbons (Fsp3) is 0.250. The molecule has 26 heavy (non-hydrogen) atoms. The Kier molecular flexibility index (Phi) is 5.79. The third-order valence-electron chi connectivity index (χ3n) is 4.42. The van der Waals surface area contributed by atoms with Gasteiger partial charge >= 0.3 is 0 Å². The number of hydrogen-bond donors (Lipinski definition) is 0.